The summed E-state index contributed by atoms with van der Waals surface area (Å²) in [4.78, 5) is 30.3. The molecule has 2 aliphatic rings. The van der Waals surface area contributed by atoms with Crippen molar-refractivity contribution in [3.05, 3.63) is 53.3 Å². The van der Waals surface area contributed by atoms with E-state index in [1.54, 1.807) is 47.6 Å². The third kappa shape index (κ3) is 3.14. The first kappa shape index (κ1) is 17.8. The number of fused-ring (bicyclic) bond motifs is 1. The highest BCUT2D eigenvalue weighted by molar-refractivity contribution is 6.32. The quantitative estimate of drug-likeness (QED) is 0.863. The van der Waals surface area contributed by atoms with Crippen LogP contribution in [-0.4, -0.2) is 40.0 Å². The van der Waals surface area contributed by atoms with Gasteiger partial charge in [-0.15, -0.1) is 0 Å². The minimum Gasteiger partial charge on any atom is -0.481 e. The summed E-state index contributed by atoms with van der Waals surface area (Å²) in [6, 6.07) is 8.31. The molecule has 0 spiro atoms. The highest BCUT2D eigenvalue weighted by Gasteiger charge is 2.55. The monoisotopic (exact) mass is 386 g/mol. The van der Waals surface area contributed by atoms with Gasteiger partial charge in [-0.05, 0) is 49.1 Å². The predicted molar refractivity (Wildman–Crippen MR) is 99.1 cm³/mol. The van der Waals surface area contributed by atoms with Gasteiger partial charge in [-0.3, -0.25) is 14.6 Å². The highest BCUT2D eigenvalue weighted by atomic mass is 35.5. The molecule has 6 nitrogen and oxygen atoms in total. The molecule has 1 saturated heterocycles. The van der Waals surface area contributed by atoms with E-state index >= 15 is 0 Å². The Balaban J connectivity index is 1.52. The molecule has 1 aliphatic heterocycles. The number of carbonyl (C=O) groups excluding carboxylic acids is 1. The van der Waals surface area contributed by atoms with Crippen LogP contribution in [-0.2, 0) is 4.79 Å². The van der Waals surface area contributed by atoms with Gasteiger partial charge in [-0.25, -0.2) is 0 Å². The van der Waals surface area contributed by atoms with E-state index in [2.05, 4.69) is 4.98 Å². The van der Waals surface area contributed by atoms with Crippen LogP contribution in [0.1, 0.15) is 29.6 Å². The van der Waals surface area contributed by atoms with Gasteiger partial charge >= 0.3 is 5.97 Å². The molecule has 27 heavy (non-hydrogen) atoms. The number of carboxylic acid groups (broad SMARTS) is 1. The van der Waals surface area contributed by atoms with Crippen LogP contribution in [0.15, 0.2) is 42.7 Å². The van der Waals surface area contributed by atoms with Crippen LogP contribution < -0.4 is 4.74 Å². The van der Waals surface area contributed by atoms with Gasteiger partial charge in [0.1, 0.15) is 11.5 Å². The summed E-state index contributed by atoms with van der Waals surface area (Å²) in [6.07, 6.45) is 5.63. The zero-order chi connectivity index (χ0) is 19.0. The summed E-state index contributed by atoms with van der Waals surface area (Å²) in [5.74, 6) is 0.0898. The van der Waals surface area contributed by atoms with Gasteiger partial charge in [0.25, 0.3) is 5.91 Å². The maximum Gasteiger partial charge on any atom is 0.311 e. The van der Waals surface area contributed by atoms with Crippen LogP contribution in [0, 0.1) is 11.3 Å². The van der Waals surface area contributed by atoms with Crippen molar-refractivity contribution in [1.29, 1.82) is 0 Å². The number of hydrogen-bond acceptors (Lipinski definition) is 4. The molecule has 7 heteroatoms. The summed E-state index contributed by atoms with van der Waals surface area (Å²) in [7, 11) is 0. The van der Waals surface area contributed by atoms with Crippen LogP contribution in [0.25, 0.3) is 0 Å². The number of amides is 1. The fourth-order valence-corrected chi connectivity index (χ4v) is 4.45. The topological polar surface area (TPSA) is 79.7 Å². The maximum absolute atomic E-state index is 12.9. The van der Waals surface area contributed by atoms with Crippen molar-refractivity contribution in [2.45, 2.75) is 19.3 Å². The number of aliphatic carboxylic acids is 1. The van der Waals surface area contributed by atoms with Crippen molar-refractivity contribution in [3.63, 3.8) is 0 Å². The summed E-state index contributed by atoms with van der Waals surface area (Å²) >= 11 is 6.30. The van der Waals surface area contributed by atoms with Crippen LogP contribution in [0.2, 0.25) is 5.02 Å². The van der Waals surface area contributed by atoms with E-state index in [1.165, 1.54) is 0 Å². The van der Waals surface area contributed by atoms with Crippen molar-refractivity contribution in [2.75, 3.05) is 13.1 Å². The smallest absolute Gasteiger partial charge is 0.311 e. The first-order valence-corrected chi connectivity index (χ1v) is 9.27. The number of nitrogens with zero attached hydrogens (tertiary/aromatic N) is 2. The normalized spacial score (nSPS) is 23.9. The molecule has 1 saturated carbocycles. The standard InChI is InChI=1S/C20H19ClN2O4/c21-16-10-13(3-4-17(16)27-15-5-8-22-9-6-15)18(24)23-11-14-2-1-7-20(14,12-23)19(25)26/h3-6,8-10,14H,1-2,7,11-12H2,(H,25,26)/t14-,20+/m0/s1. The minimum absolute atomic E-state index is 0.0312. The van der Waals surface area contributed by atoms with Crippen molar-refractivity contribution < 1.29 is 19.4 Å². The molecule has 1 N–H and O–H groups in total. The van der Waals surface area contributed by atoms with Gasteiger partial charge in [-0.2, -0.15) is 0 Å². The number of halogens is 1. The molecule has 1 aliphatic carbocycles. The summed E-state index contributed by atoms with van der Waals surface area (Å²) in [6.45, 7) is 0.747. The van der Waals surface area contributed by atoms with Gasteiger partial charge in [0.05, 0.1) is 10.4 Å². The van der Waals surface area contributed by atoms with Gasteiger partial charge in [0.15, 0.2) is 0 Å². The van der Waals surface area contributed by atoms with E-state index in [1.807, 2.05) is 0 Å². The molecule has 0 bridgehead atoms. The zero-order valence-corrected chi connectivity index (χ0v) is 15.4. The fourth-order valence-electron chi connectivity index (χ4n) is 4.23. The van der Waals surface area contributed by atoms with Gasteiger partial charge < -0.3 is 14.7 Å². The lowest BCUT2D eigenvalue weighted by atomic mass is 9.81. The Morgan fingerprint density at radius 1 is 1.26 bits per heavy atom. The molecule has 2 fully saturated rings. The lowest BCUT2D eigenvalue weighted by Gasteiger charge is -2.23. The first-order valence-electron chi connectivity index (χ1n) is 8.90. The van der Waals surface area contributed by atoms with Crippen LogP contribution in [0.3, 0.4) is 0 Å². The summed E-state index contributed by atoms with van der Waals surface area (Å²) in [5.41, 5.74) is -0.355. The second-order valence-electron chi connectivity index (χ2n) is 7.17. The molecule has 4 rings (SSSR count). The van der Waals surface area contributed by atoms with Crippen molar-refractivity contribution in [2.24, 2.45) is 11.3 Å². The summed E-state index contributed by atoms with van der Waals surface area (Å²) in [5, 5.41) is 10.0. The van der Waals surface area contributed by atoms with E-state index in [4.69, 9.17) is 16.3 Å². The Morgan fingerprint density at radius 2 is 2.04 bits per heavy atom. The Hall–Kier alpha value is -2.60. The fraction of sp³-hybridized carbons (Fsp3) is 0.350. The van der Waals surface area contributed by atoms with E-state index in [-0.39, 0.29) is 18.4 Å². The lowest BCUT2D eigenvalue weighted by Crippen LogP contribution is -2.37. The van der Waals surface area contributed by atoms with Gasteiger partial charge in [-0.1, -0.05) is 18.0 Å². The molecule has 1 aromatic heterocycles. The number of hydrogen-bond donors (Lipinski definition) is 1. The van der Waals surface area contributed by atoms with E-state index in [0.717, 1.165) is 12.8 Å². The van der Waals surface area contributed by atoms with E-state index in [9.17, 15) is 14.7 Å². The number of ether oxygens (including phenoxy) is 1. The van der Waals surface area contributed by atoms with Gasteiger partial charge in [0, 0.05) is 31.0 Å². The molecule has 2 heterocycles. The number of likely N-dealkylation sites (tertiary alicyclic amines) is 1. The average molecular weight is 387 g/mol. The SMILES string of the molecule is O=C(c1ccc(Oc2ccncc2)c(Cl)c1)N1C[C@@H]2CCC[C@@]2(C(=O)O)C1. The first-order chi connectivity index (χ1) is 13.0. The number of rotatable bonds is 4. The zero-order valence-electron chi connectivity index (χ0n) is 14.6. The Bertz CT molecular complexity index is 889. The van der Waals surface area contributed by atoms with Gasteiger partial charge in [0.2, 0.25) is 0 Å². The van der Waals surface area contributed by atoms with Crippen LogP contribution in [0.5, 0.6) is 11.5 Å². The molecule has 2 atom stereocenters. The molecular formula is C20H19ClN2O4. The minimum atomic E-state index is -0.792. The Kier molecular flexibility index (Phi) is 4.52. The molecule has 2 aromatic rings. The summed E-state index contributed by atoms with van der Waals surface area (Å²) < 4.78 is 5.70. The highest BCUT2D eigenvalue weighted by Crippen LogP contribution is 2.49. The van der Waals surface area contributed by atoms with Crippen molar-refractivity contribution in [1.82, 2.24) is 9.88 Å². The number of aromatic nitrogens is 1. The van der Waals surface area contributed by atoms with Crippen molar-refractivity contribution >= 4 is 23.5 Å². The number of pyridine rings is 1. The number of benzene rings is 1. The predicted octanol–water partition coefficient (Wildman–Crippen LogP) is 3.85. The molecule has 0 radical (unpaired) electrons. The lowest BCUT2D eigenvalue weighted by molar-refractivity contribution is -0.149. The number of carbonyl (C=O) groups is 2. The molecule has 1 aromatic carbocycles. The Labute approximate surface area is 161 Å². The largest absolute Gasteiger partial charge is 0.481 e. The molecule has 0 unspecified atom stereocenters. The molecule has 140 valence electrons. The third-order valence-corrected chi connectivity index (χ3v) is 5.94. The third-order valence-electron chi connectivity index (χ3n) is 5.64. The second kappa shape index (κ2) is 6.85. The Morgan fingerprint density at radius 3 is 2.70 bits per heavy atom. The molecule has 1 amide bonds. The second-order valence-corrected chi connectivity index (χ2v) is 7.57. The van der Waals surface area contributed by atoms with Crippen LogP contribution in [0.4, 0.5) is 0 Å². The number of carboxylic acids is 1. The van der Waals surface area contributed by atoms with E-state index in [0.29, 0.717) is 35.1 Å². The van der Waals surface area contributed by atoms with Crippen LogP contribution >= 0.6 is 11.6 Å². The van der Waals surface area contributed by atoms with Crippen molar-refractivity contribution in [3.8, 4) is 11.5 Å². The van der Waals surface area contributed by atoms with E-state index < -0.39 is 11.4 Å². The molecular weight excluding hydrogens is 368 g/mol. The average Bonchev–Trinajstić information content (AvgIpc) is 3.22. The maximum atomic E-state index is 12.9.